The van der Waals surface area contributed by atoms with E-state index in [0.717, 1.165) is 31.5 Å². The van der Waals surface area contributed by atoms with Crippen LogP contribution < -0.4 is 16.0 Å². The third-order valence-electron chi connectivity index (χ3n) is 3.74. The van der Waals surface area contributed by atoms with Crippen LogP contribution in [0, 0.1) is 5.82 Å². The van der Waals surface area contributed by atoms with E-state index in [0.29, 0.717) is 5.69 Å². The van der Waals surface area contributed by atoms with Gasteiger partial charge >= 0.3 is 0 Å². The molecular weight excluding hydrogens is 257 g/mol. The van der Waals surface area contributed by atoms with Gasteiger partial charge in [0.1, 0.15) is 5.82 Å². The summed E-state index contributed by atoms with van der Waals surface area (Å²) in [5.41, 5.74) is 7.18. The summed E-state index contributed by atoms with van der Waals surface area (Å²) in [5.74, 6) is -0.228. The lowest BCUT2D eigenvalue weighted by Gasteiger charge is -2.34. The van der Waals surface area contributed by atoms with Crippen LogP contribution in [0.2, 0.25) is 0 Å². The highest BCUT2D eigenvalue weighted by Crippen LogP contribution is 2.25. The second-order valence-electron chi connectivity index (χ2n) is 5.46. The van der Waals surface area contributed by atoms with Gasteiger partial charge in [-0.3, -0.25) is 4.79 Å². The molecular formula is C15H22FN3O. The topological polar surface area (TPSA) is 58.4 Å². The minimum atomic E-state index is -0.224. The summed E-state index contributed by atoms with van der Waals surface area (Å²) in [7, 11) is 0. The number of hydrogen-bond donors (Lipinski definition) is 2. The number of halogens is 1. The second-order valence-corrected chi connectivity index (χ2v) is 5.46. The van der Waals surface area contributed by atoms with E-state index >= 15 is 0 Å². The zero-order valence-corrected chi connectivity index (χ0v) is 12.0. The number of benzene rings is 1. The fraction of sp³-hybridized carbons (Fsp3) is 0.533. The predicted molar refractivity (Wildman–Crippen MR) is 78.1 cm³/mol. The second kappa shape index (κ2) is 6.22. The molecule has 0 aromatic heterocycles. The van der Waals surface area contributed by atoms with Gasteiger partial charge in [-0.05, 0) is 37.5 Å². The van der Waals surface area contributed by atoms with Crippen LogP contribution in [0.15, 0.2) is 18.2 Å². The Bertz CT molecular complexity index is 482. The number of nitrogens with two attached hydrogens (primary N) is 1. The van der Waals surface area contributed by atoms with E-state index in [1.165, 1.54) is 13.0 Å². The minimum Gasteiger partial charge on any atom is -0.369 e. The zero-order chi connectivity index (χ0) is 14.7. The van der Waals surface area contributed by atoms with E-state index in [-0.39, 0.29) is 23.8 Å². The molecule has 0 radical (unpaired) electrons. The number of anilines is 1. The first kappa shape index (κ1) is 14.8. The summed E-state index contributed by atoms with van der Waals surface area (Å²) >= 11 is 0. The molecule has 110 valence electrons. The molecule has 4 nitrogen and oxygen atoms in total. The van der Waals surface area contributed by atoms with E-state index < -0.39 is 0 Å². The Morgan fingerprint density at radius 3 is 2.60 bits per heavy atom. The molecule has 0 spiro atoms. The first-order valence-electron chi connectivity index (χ1n) is 7.04. The van der Waals surface area contributed by atoms with Crippen LogP contribution in [0.4, 0.5) is 10.1 Å². The van der Waals surface area contributed by atoms with Gasteiger partial charge < -0.3 is 16.0 Å². The third-order valence-corrected chi connectivity index (χ3v) is 3.74. The average molecular weight is 279 g/mol. The quantitative estimate of drug-likeness (QED) is 0.889. The summed E-state index contributed by atoms with van der Waals surface area (Å²) in [6.07, 6.45) is 1.68. The van der Waals surface area contributed by atoms with Gasteiger partial charge in [0.15, 0.2) is 0 Å². The van der Waals surface area contributed by atoms with E-state index in [1.54, 1.807) is 6.07 Å². The molecule has 2 rings (SSSR count). The number of carbonyl (C=O) groups is 1. The van der Waals surface area contributed by atoms with Gasteiger partial charge in [0.05, 0.1) is 5.69 Å². The Morgan fingerprint density at radius 2 is 2.10 bits per heavy atom. The number of hydrogen-bond acceptors (Lipinski definition) is 3. The molecule has 1 saturated heterocycles. The molecule has 0 saturated carbocycles. The van der Waals surface area contributed by atoms with Crippen molar-refractivity contribution in [3.8, 4) is 0 Å². The van der Waals surface area contributed by atoms with Crippen molar-refractivity contribution in [2.24, 2.45) is 5.73 Å². The van der Waals surface area contributed by atoms with Crippen LogP contribution >= 0.6 is 0 Å². The predicted octanol–water partition coefficient (Wildman–Crippen LogP) is 1.95. The van der Waals surface area contributed by atoms with Crippen LogP contribution in [0.3, 0.4) is 0 Å². The Kier molecular flexibility index (Phi) is 4.60. The highest BCUT2D eigenvalue weighted by atomic mass is 19.1. The molecule has 1 amide bonds. The molecule has 1 unspecified atom stereocenters. The van der Waals surface area contributed by atoms with Crippen molar-refractivity contribution >= 4 is 11.6 Å². The first-order valence-corrected chi connectivity index (χ1v) is 7.04. The van der Waals surface area contributed by atoms with Crippen LogP contribution in [-0.4, -0.2) is 25.0 Å². The molecule has 1 aromatic rings. The van der Waals surface area contributed by atoms with E-state index in [4.69, 9.17) is 5.73 Å². The van der Waals surface area contributed by atoms with Crippen molar-refractivity contribution in [2.45, 2.75) is 38.8 Å². The molecule has 1 heterocycles. The van der Waals surface area contributed by atoms with Crippen molar-refractivity contribution in [3.63, 3.8) is 0 Å². The van der Waals surface area contributed by atoms with Gasteiger partial charge in [-0.25, -0.2) is 4.39 Å². The number of piperidine rings is 1. The van der Waals surface area contributed by atoms with Crippen molar-refractivity contribution in [1.29, 1.82) is 0 Å². The summed E-state index contributed by atoms with van der Waals surface area (Å²) < 4.78 is 14.1. The Labute approximate surface area is 119 Å². The van der Waals surface area contributed by atoms with E-state index in [1.807, 2.05) is 17.9 Å². The van der Waals surface area contributed by atoms with Crippen LogP contribution in [0.25, 0.3) is 0 Å². The van der Waals surface area contributed by atoms with Gasteiger partial charge in [-0.1, -0.05) is 6.07 Å². The third kappa shape index (κ3) is 3.48. The number of amides is 1. The van der Waals surface area contributed by atoms with Gasteiger partial charge in [-0.2, -0.15) is 0 Å². The van der Waals surface area contributed by atoms with Gasteiger partial charge in [-0.15, -0.1) is 0 Å². The van der Waals surface area contributed by atoms with Gasteiger partial charge in [0.2, 0.25) is 5.91 Å². The maximum absolute atomic E-state index is 14.1. The van der Waals surface area contributed by atoms with Gasteiger partial charge in [0, 0.05) is 32.1 Å². The summed E-state index contributed by atoms with van der Waals surface area (Å²) in [6.45, 7) is 4.87. The number of rotatable bonds is 3. The Balaban J connectivity index is 2.02. The van der Waals surface area contributed by atoms with Gasteiger partial charge in [0.25, 0.3) is 0 Å². The largest absolute Gasteiger partial charge is 0.369 e. The van der Waals surface area contributed by atoms with Crippen LogP contribution in [0.5, 0.6) is 0 Å². The van der Waals surface area contributed by atoms with Crippen LogP contribution in [0.1, 0.15) is 38.3 Å². The molecule has 3 N–H and O–H groups in total. The molecule has 1 aliphatic heterocycles. The maximum Gasteiger partial charge on any atom is 0.217 e. The van der Waals surface area contributed by atoms with Crippen LogP contribution in [-0.2, 0) is 4.79 Å². The lowest BCUT2D eigenvalue weighted by Crippen LogP contribution is -2.44. The molecule has 0 bridgehead atoms. The van der Waals surface area contributed by atoms with Crippen molar-refractivity contribution in [2.75, 3.05) is 18.0 Å². The molecule has 5 heteroatoms. The van der Waals surface area contributed by atoms with Crippen molar-refractivity contribution < 1.29 is 9.18 Å². The fourth-order valence-electron chi connectivity index (χ4n) is 2.62. The monoisotopic (exact) mass is 279 g/mol. The number of nitrogens with one attached hydrogen (secondary N) is 1. The number of carbonyl (C=O) groups excluding carboxylic acids is 1. The minimum absolute atomic E-state index is 0.00378. The summed E-state index contributed by atoms with van der Waals surface area (Å²) in [4.78, 5) is 13.0. The van der Waals surface area contributed by atoms with E-state index in [2.05, 4.69) is 5.32 Å². The highest BCUT2D eigenvalue weighted by molar-refractivity contribution is 5.73. The molecule has 1 fully saturated rings. The molecule has 1 aliphatic rings. The lowest BCUT2D eigenvalue weighted by atomic mass is 10.0. The molecule has 20 heavy (non-hydrogen) atoms. The van der Waals surface area contributed by atoms with Crippen molar-refractivity contribution in [3.05, 3.63) is 29.6 Å². The maximum atomic E-state index is 14.1. The smallest absolute Gasteiger partial charge is 0.217 e. The lowest BCUT2D eigenvalue weighted by molar-refractivity contribution is -0.119. The number of nitrogens with zero attached hydrogens (tertiary/aromatic N) is 1. The molecule has 0 aliphatic carbocycles. The zero-order valence-electron chi connectivity index (χ0n) is 12.0. The SMILES string of the molecule is CC(=O)NC1CCN(c2ccc(C(C)N)cc2F)CC1. The van der Waals surface area contributed by atoms with Crippen molar-refractivity contribution in [1.82, 2.24) is 5.32 Å². The Hall–Kier alpha value is -1.62. The highest BCUT2D eigenvalue weighted by Gasteiger charge is 2.21. The molecule has 1 atom stereocenters. The summed E-state index contributed by atoms with van der Waals surface area (Å²) in [5, 5.41) is 2.92. The summed E-state index contributed by atoms with van der Waals surface area (Å²) in [6, 6.07) is 5.23. The van der Waals surface area contributed by atoms with E-state index in [9.17, 15) is 9.18 Å². The standard InChI is InChI=1S/C15H22FN3O/c1-10(17)12-3-4-15(14(16)9-12)19-7-5-13(6-8-19)18-11(2)20/h3-4,9-10,13H,5-8,17H2,1-2H3,(H,18,20). The Morgan fingerprint density at radius 1 is 1.45 bits per heavy atom. The first-order chi connectivity index (χ1) is 9.47. The normalized spacial score (nSPS) is 17.9. The average Bonchev–Trinajstić information content (AvgIpc) is 2.39. The molecule has 1 aromatic carbocycles. The fourth-order valence-corrected chi connectivity index (χ4v) is 2.62.